The maximum Gasteiger partial charge on any atom is 0.0518 e. The van der Waals surface area contributed by atoms with Crippen LogP contribution in [0.25, 0.3) is 0 Å². The van der Waals surface area contributed by atoms with E-state index < -0.39 is 0 Å². The monoisotopic (exact) mass is 240 g/mol. The molecule has 0 saturated carbocycles. The first kappa shape index (κ1) is 13.3. The largest absolute Gasteiger partial charge is 0.379 e. The molecule has 2 bridgehead atoms. The summed E-state index contributed by atoms with van der Waals surface area (Å²) in [5, 5.41) is 3.71. The number of fused-ring (bicyclic) bond motifs is 2. The number of nitrogens with zero attached hydrogens (tertiary/aromatic N) is 1. The molecule has 2 unspecified atom stereocenters. The predicted molar refractivity (Wildman–Crippen MR) is 71.3 cm³/mol. The standard InChI is InChI=1S/C14H28N2O/c1-11(2)17-8-4-7-15-12-9-13-5-6-14(10-12)16(13)3/h11-15H,4-10H2,1-3H3. The minimum Gasteiger partial charge on any atom is -0.379 e. The van der Waals surface area contributed by atoms with Crippen LogP contribution < -0.4 is 5.32 Å². The molecular formula is C14H28N2O. The summed E-state index contributed by atoms with van der Waals surface area (Å²) in [5.74, 6) is 0. The summed E-state index contributed by atoms with van der Waals surface area (Å²) in [6, 6.07) is 2.44. The highest BCUT2D eigenvalue weighted by Gasteiger charge is 2.37. The summed E-state index contributed by atoms with van der Waals surface area (Å²) < 4.78 is 5.55. The molecule has 2 fully saturated rings. The number of rotatable bonds is 6. The van der Waals surface area contributed by atoms with Crippen LogP contribution in [0, 0.1) is 0 Å². The van der Waals surface area contributed by atoms with Crippen molar-refractivity contribution in [2.24, 2.45) is 0 Å². The summed E-state index contributed by atoms with van der Waals surface area (Å²) in [6.45, 7) is 6.20. The number of hydrogen-bond acceptors (Lipinski definition) is 3. The fourth-order valence-electron chi connectivity index (χ4n) is 3.28. The second kappa shape index (κ2) is 6.17. The highest BCUT2D eigenvalue weighted by molar-refractivity contribution is 4.95. The van der Waals surface area contributed by atoms with Crippen LogP contribution in [0.3, 0.4) is 0 Å². The SMILES string of the molecule is CC(C)OCCCNC1CC2CCC(C1)N2C. The zero-order valence-electron chi connectivity index (χ0n) is 11.6. The number of nitrogens with one attached hydrogen (secondary N) is 1. The van der Waals surface area contributed by atoms with Crippen LogP contribution >= 0.6 is 0 Å². The Kier molecular flexibility index (Phi) is 4.83. The van der Waals surface area contributed by atoms with E-state index in [2.05, 4.69) is 31.1 Å². The van der Waals surface area contributed by atoms with Gasteiger partial charge in [0.1, 0.15) is 0 Å². The third-order valence-electron chi connectivity index (χ3n) is 4.30. The topological polar surface area (TPSA) is 24.5 Å². The molecule has 0 aromatic rings. The molecule has 0 amide bonds. The summed E-state index contributed by atoms with van der Waals surface area (Å²) >= 11 is 0. The number of hydrogen-bond donors (Lipinski definition) is 1. The highest BCUT2D eigenvalue weighted by Crippen LogP contribution is 2.34. The molecule has 2 heterocycles. The van der Waals surface area contributed by atoms with Gasteiger partial charge in [0, 0.05) is 24.7 Å². The van der Waals surface area contributed by atoms with E-state index in [4.69, 9.17) is 4.74 Å². The minimum absolute atomic E-state index is 0.370. The van der Waals surface area contributed by atoms with Crippen LogP contribution in [0.4, 0.5) is 0 Å². The van der Waals surface area contributed by atoms with Gasteiger partial charge in [-0.2, -0.15) is 0 Å². The lowest BCUT2D eigenvalue weighted by Crippen LogP contribution is -2.47. The maximum atomic E-state index is 5.55. The van der Waals surface area contributed by atoms with Gasteiger partial charge in [-0.05, 0) is 59.5 Å². The van der Waals surface area contributed by atoms with Crippen LogP contribution in [-0.2, 0) is 4.74 Å². The van der Waals surface area contributed by atoms with E-state index >= 15 is 0 Å². The molecule has 3 nitrogen and oxygen atoms in total. The fourth-order valence-corrected chi connectivity index (χ4v) is 3.28. The van der Waals surface area contributed by atoms with E-state index in [0.717, 1.165) is 37.7 Å². The number of ether oxygens (including phenoxy) is 1. The average Bonchev–Trinajstić information content (AvgIpc) is 2.52. The van der Waals surface area contributed by atoms with Crippen LogP contribution in [0.5, 0.6) is 0 Å². The van der Waals surface area contributed by atoms with E-state index in [1.807, 2.05) is 0 Å². The summed E-state index contributed by atoms with van der Waals surface area (Å²) in [4.78, 5) is 2.60. The Balaban J connectivity index is 1.58. The van der Waals surface area contributed by atoms with Gasteiger partial charge in [-0.15, -0.1) is 0 Å². The van der Waals surface area contributed by atoms with E-state index in [-0.39, 0.29) is 0 Å². The smallest absolute Gasteiger partial charge is 0.0518 e. The Morgan fingerprint density at radius 1 is 1.24 bits per heavy atom. The van der Waals surface area contributed by atoms with Crippen LogP contribution in [-0.4, -0.2) is 49.3 Å². The van der Waals surface area contributed by atoms with Gasteiger partial charge in [0.2, 0.25) is 0 Å². The molecule has 0 aromatic carbocycles. The average molecular weight is 240 g/mol. The van der Waals surface area contributed by atoms with E-state index in [9.17, 15) is 0 Å². The molecule has 0 radical (unpaired) electrons. The first-order valence-electron chi connectivity index (χ1n) is 7.23. The Morgan fingerprint density at radius 3 is 2.47 bits per heavy atom. The van der Waals surface area contributed by atoms with E-state index in [1.54, 1.807) is 0 Å². The normalized spacial score (nSPS) is 33.5. The molecule has 0 spiro atoms. The molecule has 0 aromatic heterocycles. The summed E-state index contributed by atoms with van der Waals surface area (Å²) in [7, 11) is 2.30. The van der Waals surface area contributed by atoms with Crippen LogP contribution in [0.1, 0.15) is 46.0 Å². The molecule has 2 atom stereocenters. The van der Waals surface area contributed by atoms with Crippen molar-refractivity contribution in [1.29, 1.82) is 0 Å². The fraction of sp³-hybridized carbons (Fsp3) is 1.00. The van der Waals surface area contributed by atoms with Crippen molar-refractivity contribution in [3.63, 3.8) is 0 Å². The third kappa shape index (κ3) is 3.67. The van der Waals surface area contributed by atoms with Crippen LogP contribution in [0.15, 0.2) is 0 Å². The highest BCUT2D eigenvalue weighted by atomic mass is 16.5. The molecule has 0 aliphatic carbocycles. The van der Waals surface area contributed by atoms with Crippen LogP contribution in [0.2, 0.25) is 0 Å². The van der Waals surface area contributed by atoms with Gasteiger partial charge in [0.25, 0.3) is 0 Å². The molecule has 2 saturated heterocycles. The van der Waals surface area contributed by atoms with Gasteiger partial charge >= 0.3 is 0 Å². The van der Waals surface area contributed by atoms with Crippen molar-refractivity contribution in [3.8, 4) is 0 Å². The third-order valence-corrected chi connectivity index (χ3v) is 4.30. The lowest BCUT2D eigenvalue weighted by molar-refractivity contribution is 0.0755. The molecule has 1 N–H and O–H groups in total. The molecule has 2 rings (SSSR count). The van der Waals surface area contributed by atoms with Crippen molar-refractivity contribution < 1.29 is 4.74 Å². The Bertz CT molecular complexity index is 218. The van der Waals surface area contributed by atoms with Gasteiger partial charge in [-0.25, -0.2) is 0 Å². The minimum atomic E-state index is 0.370. The van der Waals surface area contributed by atoms with Crippen molar-refractivity contribution in [3.05, 3.63) is 0 Å². The predicted octanol–water partition coefficient (Wildman–Crippen LogP) is 2.02. The maximum absolute atomic E-state index is 5.55. The number of piperidine rings is 1. The second-order valence-corrected chi connectivity index (χ2v) is 5.95. The lowest BCUT2D eigenvalue weighted by atomic mass is 9.98. The van der Waals surface area contributed by atoms with Crippen molar-refractivity contribution in [2.75, 3.05) is 20.2 Å². The molecule has 2 aliphatic rings. The van der Waals surface area contributed by atoms with Crippen molar-refractivity contribution in [1.82, 2.24) is 10.2 Å². The zero-order valence-corrected chi connectivity index (χ0v) is 11.6. The van der Waals surface area contributed by atoms with E-state index in [1.165, 1.54) is 25.7 Å². The van der Waals surface area contributed by atoms with Gasteiger partial charge in [-0.1, -0.05) is 0 Å². The Morgan fingerprint density at radius 2 is 1.88 bits per heavy atom. The van der Waals surface area contributed by atoms with Gasteiger partial charge in [0.15, 0.2) is 0 Å². The van der Waals surface area contributed by atoms with Crippen molar-refractivity contribution >= 4 is 0 Å². The first-order valence-corrected chi connectivity index (χ1v) is 7.23. The molecule has 3 heteroatoms. The van der Waals surface area contributed by atoms with Gasteiger partial charge in [-0.3, -0.25) is 0 Å². The second-order valence-electron chi connectivity index (χ2n) is 5.95. The first-order chi connectivity index (χ1) is 8.16. The molecular weight excluding hydrogens is 212 g/mol. The molecule has 2 aliphatic heterocycles. The molecule has 17 heavy (non-hydrogen) atoms. The van der Waals surface area contributed by atoms with Gasteiger partial charge < -0.3 is 15.0 Å². The summed E-state index contributed by atoms with van der Waals surface area (Å²) in [6.07, 6.45) is 7.02. The zero-order chi connectivity index (χ0) is 12.3. The van der Waals surface area contributed by atoms with Gasteiger partial charge in [0.05, 0.1) is 6.10 Å². The lowest BCUT2D eigenvalue weighted by Gasteiger charge is -2.36. The summed E-state index contributed by atoms with van der Waals surface area (Å²) in [5.41, 5.74) is 0. The quantitative estimate of drug-likeness (QED) is 0.719. The Hall–Kier alpha value is -0.120. The Labute approximate surface area is 106 Å². The van der Waals surface area contributed by atoms with E-state index in [0.29, 0.717) is 6.10 Å². The molecule has 100 valence electrons. The van der Waals surface area contributed by atoms with Crippen molar-refractivity contribution in [2.45, 2.75) is 70.2 Å².